The summed E-state index contributed by atoms with van der Waals surface area (Å²) in [7, 11) is 0. The zero-order valence-electron chi connectivity index (χ0n) is 49.8. The van der Waals surface area contributed by atoms with E-state index in [-0.39, 0.29) is 34.3 Å². The Kier molecular flexibility index (Phi) is 19.7. The van der Waals surface area contributed by atoms with Crippen molar-refractivity contribution < 1.29 is 19.2 Å². The molecule has 0 fully saturated rings. The SMILES string of the molecule is CCCCCCc1cc(-c2cc3c(-c4ccc(CC(CC)CCCC)s4)c4sc(-c5cc(CCCCCC)c(C=C6C(=O)c7ccccc7C6=O)s5)cc4c(-c4ccc(CC(CC)CCCC)s4)c3s2)sc1C=C1C(=O)c2ccccc2C1=O. The van der Waals surface area contributed by atoms with Crippen LogP contribution in [0.25, 0.3) is 72.7 Å². The summed E-state index contributed by atoms with van der Waals surface area (Å²) in [6, 6.07) is 33.8. The fourth-order valence-electron chi connectivity index (χ4n) is 12.5. The van der Waals surface area contributed by atoms with Gasteiger partial charge >= 0.3 is 0 Å². The first-order valence-corrected chi connectivity index (χ1v) is 36.2. The van der Waals surface area contributed by atoms with Crippen LogP contribution in [0.1, 0.15) is 216 Å². The van der Waals surface area contributed by atoms with E-state index in [1.165, 1.54) is 146 Å². The maximum absolute atomic E-state index is 13.9. The van der Waals surface area contributed by atoms with Crippen molar-refractivity contribution in [2.75, 3.05) is 0 Å². The van der Waals surface area contributed by atoms with Gasteiger partial charge in [0.15, 0.2) is 23.1 Å². The lowest BCUT2D eigenvalue weighted by Gasteiger charge is -2.13. The Morgan fingerprint density at radius 3 is 1.11 bits per heavy atom. The van der Waals surface area contributed by atoms with Crippen LogP contribution in [0.2, 0.25) is 0 Å². The van der Waals surface area contributed by atoms with Crippen LogP contribution in [-0.4, -0.2) is 23.1 Å². The second kappa shape index (κ2) is 27.5. The van der Waals surface area contributed by atoms with E-state index in [1.54, 1.807) is 46.9 Å². The minimum absolute atomic E-state index is 0.182. The number of hydrogen-bond donors (Lipinski definition) is 0. The van der Waals surface area contributed by atoms with Gasteiger partial charge in [-0.15, -0.1) is 68.0 Å². The monoisotopic (exact) mass is 1220 g/mol. The lowest BCUT2D eigenvalue weighted by atomic mass is 9.95. The highest BCUT2D eigenvalue weighted by Crippen LogP contribution is 2.56. The van der Waals surface area contributed by atoms with E-state index in [0.29, 0.717) is 34.1 Å². The molecule has 0 bridgehead atoms. The van der Waals surface area contributed by atoms with Gasteiger partial charge in [-0.05, 0) is 122 Å². The van der Waals surface area contributed by atoms with Crippen molar-refractivity contribution >= 4 is 123 Å². The van der Waals surface area contributed by atoms with Gasteiger partial charge in [-0.3, -0.25) is 19.2 Å². The third-order valence-electron chi connectivity index (χ3n) is 17.5. The summed E-state index contributed by atoms with van der Waals surface area (Å²) in [5.41, 5.74) is 7.51. The molecule has 9 aromatic rings. The van der Waals surface area contributed by atoms with Crippen LogP contribution in [0.3, 0.4) is 0 Å². The molecule has 2 atom stereocenters. The molecule has 0 saturated carbocycles. The first kappa shape index (κ1) is 60.2. The second-order valence-corrected chi connectivity index (χ2v) is 30.0. The largest absolute Gasteiger partial charge is 0.288 e. The summed E-state index contributed by atoms with van der Waals surface area (Å²) in [6.45, 7) is 13.8. The Bertz CT molecular complexity index is 3560. The molecule has 84 heavy (non-hydrogen) atoms. The van der Waals surface area contributed by atoms with E-state index < -0.39 is 0 Å². The quantitative estimate of drug-likeness (QED) is 0.0278. The van der Waals surface area contributed by atoms with Gasteiger partial charge in [-0.25, -0.2) is 0 Å². The lowest BCUT2D eigenvalue weighted by molar-refractivity contribution is 0.0975. The number of allylic oxidation sites excluding steroid dienone is 2. The van der Waals surface area contributed by atoms with Gasteiger partial charge in [0.25, 0.3) is 0 Å². The molecule has 0 radical (unpaired) electrons. The molecule has 434 valence electrons. The molecule has 2 unspecified atom stereocenters. The normalized spacial score (nSPS) is 14.0. The van der Waals surface area contributed by atoms with Gasteiger partial charge in [0.1, 0.15) is 0 Å². The van der Waals surface area contributed by atoms with E-state index in [0.717, 1.165) is 74.0 Å². The maximum Gasteiger partial charge on any atom is 0.197 e. The van der Waals surface area contributed by atoms with Gasteiger partial charge in [0, 0.05) is 102 Å². The summed E-state index contributed by atoms with van der Waals surface area (Å²) in [4.78, 5) is 67.9. The fourth-order valence-corrected chi connectivity index (χ4v) is 20.0. The van der Waals surface area contributed by atoms with E-state index in [4.69, 9.17) is 0 Å². The third-order valence-corrected chi connectivity index (χ3v) is 24.7. The molecule has 10 heteroatoms. The van der Waals surface area contributed by atoms with E-state index in [2.05, 4.69) is 90.1 Å². The molecule has 0 aliphatic heterocycles. The fraction of sp³-hybridized carbons (Fsp3) is 0.378. The molecule has 11 rings (SSSR count). The van der Waals surface area contributed by atoms with Crippen LogP contribution in [0, 0.1) is 11.8 Å². The number of carbonyl (C=O) groups is 4. The highest BCUT2D eigenvalue weighted by molar-refractivity contribution is 7.29. The maximum atomic E-state index is 13.9. The summed E-state index contributed by atoms with van der Waals surface area (Å²) in [5.74, 6) is 0.567. The molecule has 4 nitrogen and oxygen atoms in total. The summed E-state index contributed by atoms with van der Waals surface area (Å²) >= 11 is 11.2. The van der Waals surface area contributed by atoms with Crippen molar-refractivity contribution in [3.63, 3.8) is 0 Å². The number of benzene rings is 3. The molecular weight excluding hydrogens is 1150 g/mol. The molecule has 6 heterocycles. The highest BCUT2D eigenvalue weighted by atomic mass is 32.1. The summed E-state index contributed by atoms with van der Waals surface area (Å²) in [5, 5.41) is 2.53. The van der Waals surface area contributed by atoms with Crippen molar-refractivity contribution in [2.45, 2.75) is 170 Å². The molecule has 3 aromatic carbocycles. The number of unbranched alkanes of at least 4 members (excludes halogenated alkanes) is 8. The predicted octanol–water partition coefficient (Wildman–Crippen LogP) is 23.7. The van der Waals surface area contributed by atoms with Crippen molar-refractivity contribution in [1.82, 2.24) is 0 Å². The van der Waals surface area contributed by atoms with Gasteiger partial charge in [-0.1, -0.05) is 180 Å². The molecule has 0 spiro atoms. The van der Waals surface area contributed by atoms with Gasteiger partial charge < -0.3 is 0 Å². The number of carbonyl (C=O) groups excluding carboxylic acids is 4. The average Bonchev–Trinajstić information content (AvgIpc) is 1.79. The van der Waals surface area contributed by atoms with Crippen molar-refractivity contribution in [3.05, 3.63) is 161 Å². The average molecular weight is 1220 g/mol. The number of aryl methyl sites for hydroxylation is 2. The lowest BCUT2D eigenvalue weighted by Crippen LogP contribution is -2.01. The second-order valence-electron chi connectivity index (χ2n) is 23.4. The Labute approximate surface area is 521 Å². The number of fused-ring (bicyclic) bond motifs is 4. The van der Waals surface area contributed by atoms with Crippen molar-refractivity contribution in [3.8, 4) is 40.4 Å². The molecule has 0 N–H and O–H groups in total. The molecule has 0 amide bonds. The van der Waals surface area contributed by atoms with Crippen LogP contribution < -0.4 is 0 Å². The summed E-state index contributed by atoms with van der Waals surface area (Å²) < 4.78 is 2.57. The molecule has 6 aromatic heterocycles. The number of hydrogen-bond acceptors (Lipinski definition) is 10. The molecule has 2 aliphatic rings. The molecular formula is C74H78O4S6. The molecule has 0 saturated heterocycles. The number of Topliss-reactive ketones (excluding diaryl/α,β-unsaturated/α-hetero) is 4. The first-order valence-electron chi connectivity index (χ1n) is 31.3. The van der Waals surface area contributed by atoms with E-state index in [9.17, 15) is 19.2 Å². The predicted molar refractivity (Wildman–Crippen MR) is 366 cm³/mol. The van der Waals surface area contributed by atoms with Crippen LogP contribution in [0.5, 0.6) is 0 Å². The van der Waals surface area contributed by atoms with Crippen LogP contribution in [0.15, 0.2) is 108 Å². The Morgan fingerprint density at radius 1 is 0.381 bits per heavy atom. The topological polar surface area (TPSA) is 68.3 Å². The van der Waals surface area contributed by atoms with Gasteiger partial charge in [0.05, 0.1) is 11.1 Å². The number of thiophene rings is 6. The van der Waals surface area contributed by atoms with Crippen LogP contribution in [-0.2, 0) is 25.7 Å². The Balaban J connectivity index is 1.11. The zero-order valence-corrected chi connectivity index (χ0v) is 54.7. The third kappa shape index (κ3) is 12.6. The Hall–Kier alpha value is -5.46. The minimum Gasteiger partial charge on any atom is -0.288 e. The first-order chi connectivity index (χ1) is 41.0. The smallest absolute Gasteiger partial charge is 0.197 e. The standard InChI is InChI=1S/C74H78O4S6/c1-7-13-17-19-27-47-39-63(81-61(47)43-57-69(75)51-29-21-22-30-52(51)70(57)76)65-41-55-67(59-35-33-49(79-59)37-45(11-5)25-15-9-3)74-56(68(73(55)83-65)60-36-34-50(80-60)38-46(12-6)26-16-10-4)42-66(84-74)64-40-48(28-20-18-14-8-2)62(82-64)44-58-71(77)53-31-23-24-32-54(53)72(58)78/h21-24,29-36,39-46H,7-20,25-28,37-38H2,1-6H3. The number of ketones is 4. The molecule has 2 aliphatic carbocycles. The highest BCUT2D eigenvalue weighted by Gasteiger charge is 2.35. The van der Waals surface area contributed by atoms with Gasteiger partial charge in [0.2, 0.25) is 0 Å². The van der Waals surface area contributed by atoms with Crippen LogP contribution >= 0.6 is 68.0 Å². The number of rotatable bonds is 28. The van der Waals surface area contributed by atoms with Crippen molar-refractivity contribution in [1.29, 1.82) is 0 Å². The minimum atomic E-state index is -0.182. The summed E-state index contributed by atoms with van der Waals surface area (Å²) in [6.07, 6.45) is 26.5. The van der Waals surface area contributed by atoms with E-state index >= 15 is 0 Å². The van der Waals surface area contributed by atoms with Crippen molar-refractivity contribution in [2.24, 2.45) is 11.8 Å². The Morgan fingerprint density at radius 2 is 0.750 bits per heavy atom. The van der Waals surface area contributed by atoms with E-state index in [1.807, 2.05) is 81.8 Å². The van der Waals surface area contributed by atoms with Crippen LogP contribution in [0.4, 0.5) is 0 Å². The zero-order chi connectivity index (χ0) is 58.4. The van der Waals surface area contributed by atoms with Gasteiger partial charge in [-0.2, -0.15) is 0 Å².